The predicted octanol–water partition coefficient (Wildman–Crippen LogP) is 3.14. The molecule has 1 N–H and O–H groups in total. The Morgan fingerprint density at radius 2 is 1.14 bits per heavy atom. The lowest BCUT2D eigenvalue weighted by atomic mass is 10.5. The summed E-state index contributed by atoms with van der Waals surface area (Å²) in [6, 6.07) is 0. The van der Waals surface area contributed by atoms with Crippen LogP contribution < -0.4 is 0 Å². The molecule has 3 nitrogen and oxygen atoms in total. The van der Waals surface area contributed by atoms with Gasteiger partial charge in [0.25, 0.3) is 0 Å². The normalized spacial score (nSPS) is 15.8. The lowest BCUT2D eigenvalue weighted by Crippen LogP contribution is -2.20. The molecule has 0 heterocycles. The molecule has 0 aromatic rings. The fourth-order valence-corrected chi connectivity index (χ4v) is 19.1. The van der Waals surface area contributed by atoms with Gasteiger partial charge in [0.1, 0.15) is 0 Å². The van der Waals surface area contributed by atoms with Crippen molar-refractivity contribution < 1.29 is 14.6 Å². The van der Waals surface area contributed by atoms with Crippen LogP contribution in [0.4, 0.5) is 0 Å². The molecule has 0 aromatic carbocycles. The number of hydrogen-bond acceptors (Lipinski definition) is 3. The zero-order valence-electron chi connectivity index (χ0n) is 15.9. The standard InChI is InChI=1S/C16H40O3S3/c1-20(2,3)15-22(7,16-21(4,5)6)14-8-10-18-12-13-19-11-9-17/h17H,8-16H2,1-7H3. The van der Waals surface area contributed by atoms with Crippen LogP contribution in [0.3, 0.4) is 0 Å². The third kappa shape index (κ3) is 14.5. The molecule has 0 radical (unpaired) electrons. The van der Waals surface area contributed by atoms with Crippen LogP contribution in [0.2, 0.25) is 0 Å². The number of rotatable bonds is 13. The van der Waals surface area contributed by atoms with Crippen LogP contribution in [0.25, 0.3) is 0 Å². The Balaban J connectivity index is 4.14. The summed E-state index contributed by atoms with van der Waals surface area (Å²) in [4.78, 5) is 0. The molecule has 0 rings (SSSR count). The van der Waals surface area contributed by atoms with Crippen molar-refractivity contribution in [3.8, 4) is 0 Å². The minimum atomic E-state index is -0.526. The second-order valence-corrected chi connectivity index (χ2v) is 21.5. The van der Waals surface area contributed by atoms with E-state index >= 15 is 0 Å². The third-order valence-corrected chi connectivity index (χ3v) is 14.3. The molecule has 0 aliphatic carbocycles. The largest absolute Gasteiger partial charge is 0.394 e. The van der Waals surface area contributed by atoms with Gasteiger partial charge in [-0.25, -0.2) is 30.1 Å². The highest BCUT2D eigenvalue weighted by atomic mass is 32.3. The lowest BCUT2D eigenvalue weighted by molar-refractivity contribution is 0.0335. The first-order valence-corrected chi connectivity index (χ1v) is 16.4. The van der Waals surface area contributed by atoms with Gasteiger partial charge in [-0.3, -0.25) is 0 Å². The van der Waals surface area contributed by atoms with Crippen LogP contribution in [0.15, 0.2) is 0 Å². The van der Waals surface area contributed by atoms with Crippen LogP contribution in [-0.2, 0) is 9.47 Å². The van der Waals surface area contributed by atoms with Gasteiger partial charge in [-0.05, 0) is 56.0 Å². The monoisotopic (exact) mass is 376 g/mol. The van der Waals surface area contributed by atoms with Crippen molar-refractivity contribution in [2.75, 3.05) is 92.7 Å². The molecule has 0 fully saturated rings. The van der Waals surface area contributed by atoms with Crippen molar-refractivity contribution in [1.29, 1.82) is 0 Å². The van der Waals surface area contributed by atoms with Gasteiger partial charge in [-0.1, -0.05) is 0 Å². The molecule has 0 amide bonds. The van der Waals surface area contributed by atoms with Gasteiger partial charge in [0.15, 0.2) is 0 Å². The first-order chi connectivity index (χ1) is 9.97. The Labute approximate surface area is 143 Å². The maximum Gasteiger partial charge on any atom is 0.0701 e. The Morgan fingerprint density at radius 3 is 1.55 bits per heavy atom. The van der Waals surface area contributed by atoms with Gasteiger partial charge >= 0.3 is 0 Å². The van der Waals surface area contributed by atoms with Crippen LogP contribution >= 0.6 is 30.1 Å². The maximum absolute atomic E-state index is 8.62. The highest BCUT2D eigenvalue weighted by Gasteiger charge is 2.26. The first kappa shape index (κ1) is 22.9. The van der Waals surface area contributed by atoms with E-state index in [1.54, 1.807) is 0 Å². The molecular weight excluding hydrogens is 336 g/mol. The summed E-state index contributed by atoms with van der Waals surface area (Å²) in [6.45, 7) is 2.56. The molecule has 22 heavy (non-hydrogen) atoms. The maximum atomic E-state index is 8.62. The van der Waals surface area contributed by atoms with Crippen molar-refractivity contribution in [2.24, 2.45) is 0 Å². The number of hydrogen-bond donors (Lipinski definition) is 1. The Morgan fingerprint density at radius 1 is 0.682 bits per heavy atom. The molecule has 6 heteroatoms. The quantitative estimate of drug-likeness (QED) is 0.502. The van der Waals surface area contributed by atoms with Gasteiger partial charge < -0.3 is 14.6 Å². The van der Waals surface area contributed by atoms with Crippen molar-refractivity contribution in [1.82, 2.24) is 0 Å². The van der Waals surface area contributed by atoms with E-state index in [2.05, 4.69) is 43.8 Å². The Hall–Kier alpha value is 0.930. The highest BCUT2D eigenvalue weighted by molar-refractivity contribution is 8.54. The zero-order chi connectivity index (χ0) is 17.3. The summed E-state index contributed by atoms with van der Waals surface area (Å²) in [5.74, 6) is 1.33. The minimum absolute atomic E-state index is 0.0893. The van der Waals surface area contributed by atoms with E-state index < -0.39 is 30.1 Å². The van der Waals surface area contributed by atoms with Gasteiger partial charge in [0, 0.05) is 16.8 Å². The molecule has 0 saturated heterocycles. The summed E-state index contributed by atoms with van der Waals surface area (Å²) >= 11 is 0. The minimum Gasteiger partial charge on any atom is -0.394 e. The predicted molar refractivity (Wildman–Crippen MR) is 112 cm³/mol. The summed E-state index contributed by atoms with van der Waals surface area (Å²) in [5, 5.41) is 11.5. The molecular formula is C16H40O3S3. The third-order valence-electron chi connectivity index (χ3n) is 2.81. The molecule has 0 saturated carbocycles. The number of aliphatic hydroxyl groups excluding tert-OH is 1. The molecule has 0 spiro atoms. The van der Waals surface area contributed by atoms with E-state index in [0.717, 1.165) is 13.0 Å². The summed E-state index contributed by atoms with van der Waals surface area (Å²) in [7, 11) is -1.42. The van der Waals surface area contributed by atoms with Crippen molar-refractivity contribution in [3.05, 3.63) is 0 Å². The van der Waals surface area contributed by atoms with E-state index in [4.69, 9.17) is 14.6 Å². The molecule has 0 aliphatic rings. The SMILES string of the molecule is CS(C)(C)CS(C)(CCCOCCOCCO)CS(C)(C)C. The highest BCUT2D eigenvalue weighted by Crippen LogP contribution is 2.62. The van der Waals surface area contributed by atoms with Crippen LogP contribution in [-0.4, -0.2) is 97.9 Å². The van der Waals surface area contributed by atoms with Gasteiger partial charge in [-0.2, -0.15) is 0 Å². The molecule has 0 atom stereocenters. The fraction of sp³-hybridized carbons (Fsp3) is 1.00. The summed E-state index contributed by atoms with van der Waals surface area (Å²) < 4.78 is 10.9. The molecule has 0 unspecified atom stereocenters. The lowest BCUT2D eigenvalue weighted by Gasteiger charge is -2.48. The van der Waals surface area contributed by atoms with E-state index in [9.17, 15) is 0 Å². The smallest absolute Gasteiger partial charge is 0.0701 e. The van der Waals surface area contributed by atoms with Crippen molar-refractivity contribution >= 4 is 30.1 Å². The van der Waals surface area contributed by atoms with Gasteiger partial charge in [-0.15, -0.1) is 0 Å². The van der Waals surface area contributed by atoms with Gasteiger partial charge in [0.2, 0.25) is 0 Å². The van der Waals surface area contributed by atoms with Crippen molar-refractivity contribution in [3.63, 3.8) is 0 Å². The first-order valence-electron chi connectivity index (χ1n) is 7.77. The second-order valence-electron chi connectivity index (χ2n) is 7.90. The Bertz CT molecular complexity index is 269. The zero-order valence-corrected chi connectivity index (χ0v) is 18.3. The van der Waals surface area contributed by atoms with Crippen LogP contribution in [0.5, 0.6) is 0 Å². The van der Waals surface area contributed by atoms with E-state index in [-0.39, 0.29) is 6.61 Å². The average Bonchev–Trinajstić information content (AvgIpc) is 2.27. The average molecular weight is 377 g/mol. The molecule has 140 valence electrons. The van der Waals surface area contributed by atoms with Crippen molar-refractivity contribution in [2.45, 2.75) is 6.42 Å². The number of aliphatic hydroxyl groups is 1. The molecule has 0 aromatic heterocycles. The summed E-state index contributed by atoms with van der Waals surface area (Å²) in [5.41, 5.74) is 0. The van der Waals surface area contributed by atoms with E-state index in [0.29, 0.717) is 19.8 Å². The van der Waals surface area contributed by atoms with Gasteiger partial charge in [0.05, 0.1) is 26.4 Å². The van der Waals surface area contributed by atoms with Crippen LogP contribution in [0.1, 0.15) is 6.42 Å². The number of ether oxygens (including phenoxy) is 2. The van der Waals surface area contributed by atoms with E-state index in [1.807, 2.05) is 0 Å². The second kappa shape index (κ2) is 10.7. The topological polar surface area (TPSA) is 38.7 Å². The molecule has 0 aliphatic heterocycles. The van der Waals surface area contributed by atoms with Crippen LogP contribution in [0, 0.1) is 0 Å². The van der Waals surface area contributed by atoms with E-state index in [1.165, 1.54) is 15.9 Å². The Kier molecular flexibility index (Phi) is 11.2. The fourth-order valence-electron chi connectivity index (χ4n) is 2.75. The summed E-state index contributed by atoms with van der Waals surface area (Å²) in [6.07, 6.45) is 18.4. The molecule has 0 bridgehead atoms.